The molecule has 124 valence electrons. The number of hydrogen-bond acceptors (Lipinski definition) is 3. The molecule has 2 N–H and O–H groups in total. The van der Waals surface area contributed by atoms with Crippen molar-refractivity contribution >= 4 is 23.3 Å². The molecule has 1 heterocycles. The zero-order valence-corrected chi connectivity index (χ0v) is 14.0. The van der Waals surface area contributed by atoms with Crippen molar-refractivity contribution in [2.75, 3.05) is 11.4 Å². The largest absolute Gasteiger partial charge is 0.455 e. The monoisotopic (exact) mass is 343 g/mol. The molecule has 1 aliphatic heterocycles. The van der Waals surface area contributed by atoms with E-state index < -0.39 is 0 Å². The summed E-state index contributed by atoms with van der Waals surface area (Å²) in [5.74, 6) is 1.33. The summed E-state index contributed by atoms with van der Waals surface area (Å²) >= 11 is 6.12. The van der Waals surface area contributed by atoms with Crippen molar-refractivity contribution < 1.29 is 9.53 Å². The van der Waals surface area contributed by atoms with Gasteiger partial charge >= 0.3 is 6.03 Å². The highest BCUT2D eigenvalue weighted by molar-refractivity contribution is 6.31. The Hall–Kier alpha value is -2.50. The van der Waals surface area contributed by atoms with Gasteiger partial charge in [0.1, 0.15) is 5.75 Å². The Morgan fingerprint density at radius 1 is 1.29 bits per heavy atom. The lowest BCUT2D eigenvalue weighted by atomic mass is 10.2. The number of halogens is 1. The van der Waals surface area contributed by atoms with Crippen LogP contribution in [0.4, 0.5) is 10.5 Å². The number of allylic oxidation sites excluding steroid dienone is 1. The Kier molecular flexibility index (Phi) is 5.03. The van der Waals surface area contributed by atoms with Crippen LogP contribution in [0.25, 0.3) is 0 Å². The van der Waals surface area contributed by atoms with Crippen molar-refractivity contribution in [1.82, 2.24) is 10.9 Å². The highest BCUT2D eigenvalue weighted by atomic mass is 35.5. The lowest BCUT2D eigenvalue weighted by Crippen LogP contribution is -2.46. The third-order valence-electron chi connectivity index (χ3n) is 3.63. The maximum absolute atomic E-state index is 12.6. The van der Waals surface area contributed by atoms with Crippen LogP contribution in [0.1, 0.15) is 12.5 Å². The molecular formula is C18H18ClN3O2. The quantitative estimate of drug-likeness (QED) is 0.498. The first kappa shape index (κ1) is 16.4. The number of hydrazine groups is 1. The lowest BCUT2D eigenvalue weighted by molar-refractivity contribution is 0.242. The fourth-order valence-electron chi connectivity index (χ4n) is 2.45. The number of rotatable bonds is 3. The first-order chi connectivity index (χ1) is 11.7. The zero-order valence-electron chi connectivity index (χ0n) is 13.3. The minimum absolute atomic E-state index is 0.275. The summed E-state index contributed by atoms with van der Waals surface area (Å²) in [6, 6.07) is 12.6. The molecule has 24 heavy (non-hydrogen) atoms. The fraction of sp³-hybridized carbons (Fsp3) is 0.167. The van der Waals surface area contributed by atoms with Crippen LogP contribution in [0.3, 0.4) is 0 Å². The normalized spacial score (nSPS) is 13.0. The molecule has 0 saturated carbocycles. The summed E-state index contributed by atoms with van der Waals surface area (Å²) in [5.41, 5.74) is 7.12. The van der Waals surface area contributed by atoms with Crippen LogP contribution in [0.5, 0.6) is 11.5 Å². The first-order valence-corrected chi connectivity index (χ1v) is 8.03. The molecule has 1 aliphatic rings. The number of carbonyl (C=O) groups excluding carboxylic acids is 1. The zero-order chi connectivity index (χ0) is 16.9. The molecule has 6 heteroatoms. The number of ether oxygens (including phenoxy) is 1. The number of nitrogens with one attached hydrogen (secondary N) is 2. The highest BCUT2D eigenvalue weighted by Crippen LogP contribution is 2.40. The Balaban J connectivity index is 1.92. The standard InChI is InChI=1S/C18H18ClN3O2/c1-2-3-10-20-21-18(23)22-12-13-6-4-5-7-16(13)24-17-9-8-14(19)11-15(17)22/h2-9,11,20H,10,12H2,1H3,(H,21,23)/b3-2+. The number of fused-ring (bicyclic) bond motifs is 2. The number of amides is 2. The Labute approximate surface area is 145 Å². The van der Waals surface area contributed by atoms with E-state index in [4.69, 9.17) is 16.3 Å². The molecule has 2 amide bonds. The van der Waals surface area contributed by atoms with Crippen molar-refractivity contribution in [3.63, 3.8) is 0 Å². The molecule has 0 atom stereocenters. The van der Waals surface area contributed by atoms with Crippen LogP contribution in [-0.4, -0.2) is 12.6 Å². The average Bonchev–Trinajstić information content (AvgIpc) is 2.75. The summed E-state index contributed by atoms with van der Waals surface area (Å²) in [4.78, 5) is 14.2. The van der Waals surface area contributed by atoms with E-state index in [0.717, 1.165) is 11.3 Å². The first-order valence-electron chi connectivity index (χ1n) is 7.66. The van der Waals surface area contributed by atoms with Crippen molar-refractivity contribution in [3.8, 4) is 11.5 Å². The van der Waals surface area contributed by atoms with Gasteiger partial charge in [-0.15, -0.1) is 0 Å². The van der Waals surface area contributed by atoms with E-state index in [0.29, 0.717) is 29.5 Å². The van der Waals surface area contributed by atoms with Gasteiger partial charge < -0.3 is 4.74 Å². The minimum atomic E-state index is -0.275. The van der Waals surface area contributed by atoms with Crippen LogP contribution in [0.2, 0.25) is 5.02 Å². The summed E-state index contributed by atoms with van der Waals surface area (Å²) in [6.07, 6.45) is 3.82. The molecule has 0 unspecified atom stereocenters. The highest BCUT2D eigenvalue weighted by Gasteiger charge is 2.25. The number of para-hydroxylation sites is 1. The fourth-order valence-corrected chi connectivity index (χ4v) is 2.61. The predicted octanol–water partition coefficient (Wildman–Crippen LogP) is 4.24. The Bertz CT molecular complexity index is 777. The summed E-state index contributed by atoms with van der Waals surface area (Å²) in [7, 11) is 0. The van der Waals surface area contributed by atoms with E-state index >= 15 is 0 Å². The Morgan fingerprint density at radius 2 is 2.12 bits per heavy atom. The van der Waals surface area contributed by atoms with E-state index in [-0.39, 0.29) is 6.03 Å². The molecule has 0 aromatic heterocycles. The van der Waals surface area contributed by atoms with Gasteiger partial charge in [0.05, 0.1) is 12.2 Å². The van der Waals surface area contributed by atoms with E-state index in [2.05, 4.69) is 10.9 Å². The summed E-state index contributed by atoms with van der Waals surface area (Å²) < 4.78 is 5.97. The summed E-state index contributed by atoms with van der Waals surface area (Å²) in [5, 5.41) is 0.544. The topological polar surface area (TPSA) is 53.6 Å². The smallest absolute Gasteiger partial charge is 0.336 e. The van der Waals surface area contributed by atoms with Gasteiger partial charge in [0.2, 0.25) is 0 Å². The second-order valence-corrected chi connectivity index (χ2v) is 5.72. The molecule has 0 aliphatic carbocycles. The number of hydrogen-bond donors (Lipinski definition) is 2. The molecule has 2 aromatic rings. The van der Waals surface area contributed by atoms with E-state index in [1.165, 1.54) is 0 Å². The van der Waals surface area contributed by atoms with Crippen LogP contribution >= 0.6 is 11.6 Å². The van der Waals surface area contributed by atoms with Gasteiger partial charge in [0.25, 0.3) is 0 Å². The number of carbonyl (C=O) groups is 1. The summed E-state index contributed by atoms with van der Waals surface area (Å²) in [6.45, 7) is 2.86. The van der Waals surface area contributed by atoms with Gasteiger partial charge in [-0.25, -0.2) is 10.2 Å². The third-order valence-corrected chi connectivity index (χ3v) is 3.86. The van der Waals surface area contributed by atoms with Gasteiger partial charge in [-0.1, -0.05) is 42.0 Å². The maximum atomic E-state index is 12.6. The molecule has 5 nitrogen and oxygen atoms in total. The van der Waals surface area contributed by atoms with Gasteiger partial charge in [0.15, 0.2) is 5.75 Å². The maximum Gasteiger partial charge on any atom is 0.336 e. The number of urea groups is 1. The van der Waals surface area contributed by atoms with Crippen molar-refractivity contribution in [3.05, 3.63) is 65.2 Å². The Morgan fingerprint density at radius 3 is 2.96 bits per heavy atom. The van der Waals surface area contributed by atoms with Gasteiger partial charge in [-0.3, -0.25) is 10.3 Å². The van der Waals surface area contributed by atoms with Crippen LogP contribution in [-0.2, 0) is 6.54 Å². The third kappa shape index (κ3) is 3.53. The van der Waals surface area contributed by atoms with Gasteiger partial charge in [-0.05, 0) is 31.2 Å². The molecule has 0 saturated heterocycles. The van der Waals surface area contributed by atoms with E-state index in [9.17, 15) is 4.79 Å². The van der Waals surface area contributed by atoms with Gasteiger partial charge in [-0.2, -0.15) is 0 Å². The van der Waals surface area contributed by atoms with E-state index in [1.54, 1.807) is 23.1 Å². The van der Waals surface area contributed by atoms with Crippen LogP contribution < -0.4 is 20.5 Å². The second kappa shape index (κ2) is 7.38. The SMILES string of the molecule is C/C=C/CNNC(=O)N1Cc2ccccc2Oc2ccc(Cl)cc21. The molecule has 2 aromatic carbocycles. The molecule has 0 bridgehead atoms. The van der Waals surface area contributed by atoms with Crippen LogP contribution in [0.15, 0.2) is 54.6 Å². The number of nitrogens with zero attached hydrogens (tertiary/aromatic N) is 1. The van der Waals surface area contributed by atoms with Crippen LogP contribution in [0, 0.1) is 0 Å². The minimum Gasteiger partial charge on any atom is -0.455 e. The average molecular weight is 344 g/mol. The number of anilines is 1. The molecule has 0 fully saturated rings. The molecule has 0 radical (unpaired) electrons. The lowest BCUT2D eigenvalue weighted by Gasteiger charge is -2.22. The van der Waals surface area contributed by atoms with Crippen molar-refractivity contribution in [2.45, 2.75) is 13.5 Å². The number of benzene rings is 2. The van der Waals surface area contributed by atoms with Crippen molar-refractivity contribution in [1.29, 1.82) is 0 Å². The van der Waals surface area contributed by atoms with Gasteiger partial charge in [0, 0.05) is 17.1 Å². The van der Waals surface area contributed by atoms with E-state index in [1.807, 2.05) is 43.3 Å². The molecular weight excluding hydrogens is 326 g/mol. The predicted molar refractivity (Wildman–Crippen MR) is 95.5 cm³/mol. The van der Waals surface area contributed by atoms with Crippen molar-refractivity contribution in [2.24, 2.45) is 0 Å². The second-order valence-electron chi connectivity index (χ2n) is 5.29. The molecule has 3 rings (SSSR count). The molecule has 0 spiro atoms.